The summed E-state index contributed by atoms with van der Waals surface area (Å²) in [6.45, 7) is 5.79. The molecular weight excluding hydrogens is 422 g/mol. The van der Waals surface area contributed by atoms with Crippen molar-refractivity contribution < 1.29 is 23.8 Å². The highest BCUT2D eigenvalue weighted by molar-refractivity contribution is 5.92. The van der Waals surface area contributed by atoms with Gasteiger partial charge in [0.15, 0.2) is 0 Å². The number of nitrogens with one attached hydrogen (secondary N) is 1. The van der Waals surface area contributed by atoms with Gasteiger partial charge >= 0.3 is 12.0 Å². The van der Waals surface area contributed by atoms with Crippen LogP contribution >= 0.6 is 0 Å². The number of esters is 1. The van der Waals surface area contributed by atoms with E-state index in [0.717, 1.165) is 5.56 Å². The Hall–Kier alpha value is -3.42. The Morgan fingerprint density at radius 3 is 2.70 bits per heavy atom. The zero-order valence-corrected chi connectivity index (χ0v) is 19.0. The third kappa shape index (κ3) is 4.84. The lowest BCUT2D eigenvalue weighted by Crippen LogP contribution is -2.47. The molecule has 8 heteroatoms. The Morgan fingerprint density at radius 2 is 2.03 bits per heavy atom. The van der Waals surface area contributed by atoms with Crippen LogP contribution in [0.4, 0.5) is 0 Å². The van der Waals surface area contributed by atoms with Crippen LogP contribution in [-0.2, 0) is 14.3 Å². The summed E-state index contributed by atoms with van der Waals surface area (Å²) in [7, 11) is 1.51. The van der Waals surface area contributed by atoms with Gasteiger partial charge in [0.1, 0.15) is 11.6 Å². The summed E-state index contributed by atoms with van der Waals surface area (Å²) >= 11 is 0. The van der Waals surface area contributed by atoms with E-state index in [2.05, 4.69) is 21.9 Å². The van der Waals surface area contributed by atoms with E-state index in [1.165, 1.54) is 7.11 Å². The molecule has 2 aromatic rings. The van der Waals surface area contributed by atoms with Gasteiger partial charge in [-0.25, -0.2) is 4.79 Å². The quantitative estimate of drug-likeness (QED) is 0.461. The van der Waals surface area contributed by atoms with Crippen molar-refractivity contribution in [2.45, 2.75) is 44.2 Å². The van der Waals surface area contributed by atoms with Crippen molar-refractivity contribution >= 4 is 11.9 Å². The molecule has 0 radical (unpaired) electrons. The summed E-state index contributed by atoms with van der Waals surface area (Å²) in [5, 5.41) is 2.94. The van der Waals surface area contributed by atoms with Gasteiger partial charge in [0.2, 0.25) is 11.8 Å². The van der Waals surface area contributed by atoms with Crippen molar-refractivity contribution in [2.75, 3.05) is 13.7 Å². The lowest BCUT2D eigenvalue weighted by Gasteiger charge is -2.20. The first-order chi connectivity index (χ1) is 16.0. The van der Waals surface area contributed by atoms with Crippen LogP contribution in [0.1, 0.15) is 32.6 Å². The maximum atomic E-state index is 13.0. The van der Waals surface area contributed by atoms with Crippen LogP contribution in [0.15, 0.2) is 49.1 Å². The van der Waals surface area contributed by atoms with Crippen molar-refractivity contribution in [3.63, 3.8) is 0 Å². The molecule has 2 saturated carbocycles. The minimum Gasteiger partial charge on any atom is -0.474 e. The predicted molar refractivity (Wildman–Crippen MR) is 122 cm³/mol. The van der Waals surface area contributed by atoms with Crippen molar-refractivity contribution in [1.82, 2.24) is 15.3 Å². The molecule has 2 aliphatic rings. The van der Waals surface area contributed by atoms with Crippen molar-refractivity contribution in [3.8, 4) is 23.1 Å². The summed E-state index contributed by atoms with van der Waals surface area (Å²) in [5.41, 5.74) is 0.654. The van der Waals surface area contributed by atoms with E-state index in [9.17, 15) is 9.59 Å². The first kappa shape index (κ1) is 22.8. The number of ether oxygens (including phenoxy) is 3. The van der Waals surface area contributed by atoms with E-state index < -0.39 is 11.5 Å². The Labute approximate surface area is 193 Å². The Kier molecular flexibility index (Phi) is 6.62. The molecule has 0 aliphatic heterocycles. The molecule has 1 aromatic carbocycles. The zero-order valence-electron chi connectivity index (χ0n) is 19.0. The number of hydrogen-bond donors (Lipinski definition) is 1. The van der Waals surface area contributed by atoms with Crippen LogP contribution in [0.5, 0.6) is 11.9 Å². The number of aromatic nitrogens is 2. The second kappa shape index (κ2) is 9.60. The van der Waals surface area contributed by atoms with Crippen LogP contribution in [0.2, 0.25) is 0 Å². The predicted octanol–water partition coefficient (Wildman–Crippen LogP) is 3.32. The zero-order chi connectivity index (χ0) is 23.4. The number of rotatable bonds is 9. The van der Waals surface area contributed by atoms with Gasteiger partial charge in [0.25, 0.3) is 0 Å². The van der Waals surface area contributed by atoms with E-state index in [0.29, 0.717) is 37.3 Å². The van der Waals surface area contributed by atoms with Crippen LogP contribution < -0.4 is 14.8 Å². The first-order valence-corrected chi connectivity index (χ1v) is 11.3. The topological polar surface area (TPSA) is 99.6 Å². The molecule has 33 heavy (non-hydrogen) atoms. The maximum absolute atomic E-state index is 13.0. The van der Waals surface area contributed by atoms with Gasteiger partial charge in [-0.05, 0) is 32.6 Å². The van der Waals surface area contributed by atoms with E-state index in [1.54, 1.807) is 19.1 Å². The maximum Gasteiger partial charge on any atom is 0.332 e. The van der Waals surface area contributed by atoms with Gasteiger partial charge in [-0.15, -0.1) is 6.58 Å². The fourth-order valence-electron chi connectivity index (χ4n) is 4.35. The fourth-order valence-corrected chi connectivity index (χ4v) is 4.35. The molecule has 2 fully saturated rings. The number of hydrogen-bond acceptors (Lipinski definition) is 7. The smallest absolute Gasteiger partial charge is 0.332 e. The average molecular weight is 452 g/mol. The highest BCUT2D eigenvalue weighted by Crippen LogP contribution is 2.46. The average Bonchev–Trinajstić information content (AvgIpc) is 3.36. The molecule has 2 aliphatic carbocycles. The van der Waals surface area contributed by atoms with E-state index in [4.69, 9.17) is 14.2 Å². The van der Waals surface area contributed by atoms with Crippen LogP contribution in [0.3, 0.4) is 0 Å². The number of amides is 1. The van der Waals surface area contributed by atoms with Gasteiger partial charge in [0.05, 0.1) is 19.4 Å². The molecule has 1 heterocycles. The third-order valence-corrected chi connectivity index (χ3v) is 6.26. The summed E-state index contributed by atoms with van der Waals surface area (Å²) in [6.07, 6.45) is 3.97. The Balaban J connectivity index is 1.41. The third-order valence-electron chi connectivity index (χ3n) is 6.26. The fraction of sp³-hybridized carbons (Fsp3) is 0.440. The minimum absolute atomic E-state index is 0.0983. The second-order valence-corrected chi connectivity index (χ2v) is 8.42. The summed E-state index contributed by atoms with van der Waals surface area (Å²) in [6, 6.07) is 11.7. The Morgan fingerprint density at radius 1 is 1.24 bits per heavy atom. The number of carbonyl (C=O) groups excluding carboxylic acids is 2. The summed E-state index contributed by atoms with van der Waals surface area (Å²) in [4.78, 5) is 34.1. The van der Waals surface area contributed by atoms with Crippen molar-refractivity contribution in [3.05, 3.63) is 49.1 Å². The molecule has 0 bridgehead atoms. The van der Waals surface area contributed by atoms with Gasteiger partial charge in [0, 0.05) is 23.5 Å². The lowest BCUT2D eigenvalue weighted by atomic mass is 10.1. The number of methoxy groups -OCH3 is 1. The summed E-state index contributed by atoms with van der Waals surface area (Å²) in [5.74, 6) is -0.480. The molecule has 1 unspecified atom stereocenters. The molecule has 1 amide bonds. The number of carbonyl (C=O) groups is 2. The molecule has 1 N–H and O–H groups in total. The van der Waals surface area contributed by atoms with Crippen molar-refractivity contribution in [1.29, 1.82) is 0 Å². The highest BCUT2D eigenvalue weighted by atomic mass is 16.5. The summed E-state index contributed by atoms with van der Waals surface area (Å²) < 4.78 is 16.5. The van der Waals surface area contributed by atoms with Crippen LogP contribution in [0, 0.1) is 11.8 Å². The molecule has 1 aromatic heterocycles. The number of benzene rings is 1. The minimum atomic E-state index is -0.974. The van der Waals surface area contributed by atoms with E-state index in [-0.39, 0.29) is 36.5 Å². The van der Waals surface area contributed by atoms with Gasteiger partial charge in [-0.3, -0.25) is 4.79 Å². The lowest BCUT2D eigenvalue weighted by molar-refractivity contribution is -0.149. The van der Waals surface area contributed by atoms with Crippen LogP contribution in [-0.4, -0.2) is 47.2 Å². The SMILES string of the molecule is C=C[C@@H]1C[C@]1(NC(=O)C1CC[C@H](Oc2cc(-c3ccccc3)nc(OC)n2)C1)C(=O)OCC. The van der Waals surface area contributed by atoms with Crippen LogP contribution in [0.25, 0.3) is 11.3 Å². The molecule has 174 valence electrons. The molecular formula is C25H29N3O5. The molecule has 4 atom stereocenters. The van der Waals surface area contributed by atoms with E-state index >= 15 is 0 Å². The largest absolute Gasteiger partial charge is 0.474 e. The molecule has 8 nitrogen and oxygen atoms in total. The first-order valence-electron chi connectivity index (χ1n) is 11.3. The van der Waals surface area contributed by atoms with Gasteiger partial charge in [-0.2, -0.15) is 9.97 Å². The Bertz CT molecular complexity index is 1030. The highest BCUT2D eigenvalue weighted by Gasteiger charge is 2.61. The monoisotopic (exact) mass is 451 g/mol. The van der Waals surface area contributed by atoms with Gasteiger partial charge in [-0.1, -0.05) is 36.4 Å². The molecule has 4 rings (SSSR count). The normalized spacial score (nSPS) is 25.7. The molecule has 0 spiro atoms. The second-order valence-electron chi connectivity index (χ2n) is 8.42. The van der Waals surface area contributed by atoms with Crippen molar-refractivity contribution in [2.24, 2.45) is 11.8 Å². The van der Waals surface area contributed by atoms with E-state index in [1.807, 2.05) is 30.3 Å². The van der Waals surface area contributed by atoms with Gasteiger partial charge < -0.3 is 19.5 Å². The number of nitrogens with zero attached hydrogens (tertiary/aromatic N) is 2. The standard InChI is InChI=1S/C25H29N3O5/c1-4-18-15-25(18,23(30)32-5-2)28-22(29)17-11-12-19(13-17)33-21-14-20(26-24(27-21)31-3)16-9-7-6-8-10-16/h4,6-10,14,17-19H,1,5,11-13,15H2,2-3H3,(H,28,29)/t17?,18-,19+,25-/m1/s1. The molecule has 0 saturated heterocycles.